The Labute approximate surface area is 170 Å². The second-order valence-corrected chi connectivity index (χ2v) is 7.13. The summed E-state index contributed by atoms with van der Waals surface area (Å²) in [5.74, 6) is -1.07. The Bertz CT molecular complexity index is 1310. The van der Waals surface area contributed by atoms with Gasteiger partial charge in [0.1, 0.15) is 0 Å². The van der Waals surface area contributed by atoms with Gasteiger partial charge in [-0.15, -0.1) is 15.3 Å². The Morgan fingerprint density at radius 3 is 2.35 bits per heavy atom. The first kappa shape index (κ1) is 19.5. The van der Waals surface area contributed by atoms with Gasteiger partial charge in [-0.25, -0.2) is 0 Å². The highest BCUT2D eigenvalue weighted by atomic mass is 19.4. The molecule has 0 atom stereocenters. The van der Waals surface area contributed by atoms with Crippen molar-refractivity contribution in [1.82, 2.24) is 24.8 Å². The average molecular weight is 438 g/mol. The first-order valence-corrected chi connectivity index (χ1v) is 9.14. The zero-order chi connectivity index (χ0) is 22.0. The third-order valence-corrected chi connectivity index (χ3v) is 5.16. The van der Waals surface area contributed by atoms with Crippen molar-refractivity contribution in [3.63, 3.8) is 0 Å². The van der Waals surface area contributed by atoms with Crippen LogP contribution >= 0.6 is 0 Å². The molecule has 4 aromatic rings. The van der Waals surface area contributed by atoms with Gasteiger partial charge < -0.3 is 4.90 Å². The smallest absolute Gasteiger partial charge is 0.350 e. The highest BCUT2D eigenvalue weighted by Crippen LogP contribution is 2.35. The molecule has 1 aromatic carbocycles. The van der Waals surface area contributed by atoms with Gasteiger partial charge in [0.2, 0.25) is 0 Å². The molecule has 4 heterocycles. The Kier molecular flexibility index (Phi) is 4.11. The predicted molar refractivity (Wildman–Crippen MR) is 97.3 cm³/mol. The first-order valence-electron chi connectivity index (χ1n) is 9.14. The zero-order valence-corrected chi connectivity index (χ0v) is 15.5. The van der Waals surface area contributed by atoms with E-state index in [9.17, 15) is 26.3 Å². The van der Waals surface area contributed by atoms with E-state index in [-0.39, 0.29) is 18.0 Å². The number of hydrogen-bond acceptors (Lipinski definition) is 5. The summed E-state index contributed by atoms with van der Waals surface area (Å²) < 4.78 is 80.1. The first-order chi connectivity index (χ1) is 14.6. The Balaban J connectivity index is 1.66. The second-order valence-electron chi connectivity index (χ2n) is 7.13. The molecule has 31 heavy (non-hydrogen) atoms. The number of pyridine rings is 1. The predicted octanol–water partition coefficient (Wildman–Crippen LogP) is 4.27. The van der Waals surface area contributed by atoms with Crippen molar-refractivity contribution < 1.29 is 26.3 Å². The van der Waals surface area contributed by atoms with Crippen LogP contribution in [-0.2, 0) is 25.3 Å². The molecule has 0 fully saturated rings. The number of fused-ring (bicyclic) bond motifs is 4. The van der Waals surface area contributed by atoms with Crippen LogP contribution in [0.25, 0.3) is 16.4 Å². The van der Waals surface area contributed by atoms with E-state index in [1.54, 1.807) is 29.2 Å². The average Bonchev–Trinajstić information content (AvgIpc) is 3.16. The highest BCUT2D eigenvalue weighted by Gasteiger charge is 2.38. The molecular weight excluding hydrogens is 426 g/mol. The summed E-state index contributed by atoms with van der Waals surface area (Å²) in [4.78, 5) is 5.57. The van der Waals surface area contributed by atoms with Crippen molar-refractivity contribution in [3.05, 3.63) is 59.2 Å². The maximum Gasteiger partial charge on any atom is 0.453 e. The maximum absolute atomic E-state index is 13.4. The summed E-state index contributed by atoms with van der Waals surface area (Å²) in [5, 5.41) is 12.0. The minimum absolute atomic E-state index is 0.0260. The quantitative estimate of drug-likeness (QED) is 0.416. The molecule has 0 saturated heterocycles. The molecule has 5 rings (SSSR count). The molecule has 0 bridgehead atoms. The summed E-state index contributed by atoms with van der Waals surface area (Å²) in [6, 6.07) is 7.66. The number of halogens is 6. The van der Waals surface area contributed by atoms with Crippen molar-refractivity contribution >= 4 is 22.2 Å². The normalized spacial score (nSPS) is 15.0. The second kappa shape index (κ2) is 6.53. The van der Waals surface area contributed by atoms with Crippen molar-refractivity contribution in [2.45, 2.75) is 25.3 Å². The van der Waals surface area contributed by atoms with E-state index in [1.165, 1.54) is 0 Å². The number of alkyl halides is 6. The molecule has 0 N–H and O–H groups in total. The fourth-order valence-electron chi connectivity index (χ4n) is 3.74. The van der Waals surface area contributed by atoms with Crippen molar-refractivity contribution in [2.24, 2.45) is 0 Å². The van der Waals surface area contributed by atoms with Gasteiger partial charge in [0, 0.05) is 42.2 Å². The lowest BCUT2D eigenvalue weighted by atomic mass is 10.0. The minimum atomic E-state index is -4.77. The highest BCUT2D eigenvalue weighted by molar-refractivity contribution is 6.00. The van der Waals surface area contributed by atoms with Gasteiger partial charge in [-0.3, -0.25) is 4.98 Å². The van der Waals surface area contributed by atoms with Crippen LogP contribution in [0.1, 0.15) is 22.6 Å². The molecule has 0 saturated carbocycles. The Morgan fingerprint density at radius 1 is 0.903 bits per heavy atom. The number of aromatic nitrogens is 5. The van der Waals surface area contributed by atoms with E-state index in [4.69, 9.17) is 0 Å². The molecule has 0 spiro atoms. The number of hydrogen-bond donors (Lipinski definition) is 0. The van der Waals surface area contributed by atoms with Crippen LogP contribution in [0.5, 0.6) is 0 Å². The number of benzene rings is 1. The molecule has 1 aliphatic heterocycles. The molecule has 3 aromatic heterocycles. The molecule has 6 nitrogen and oxygen atoms in total. The van der Waals surface area contributed by atoms with Crippen LogP contribution in [0.3, 0.4) is 0 Å². The summed E-state index contributed by atoms with van der Waals surface area (Å²) in [5.41, 5.74) is -0.0496. The lowest BCUT2D eigenvalue weighted by Gasteiger charge is -2.30. The van der Waals surface area contributed by atoms with E-state index in [1.807, 2.05) is 0 Å². The van der Waals surface area contributed by atoms with Crippen LogP contribution in [0.2, 0.25) is 0 Å². The van der Waals surface area contributed by atoms with Crippen LogP contribution in [0.15, 0.2) is 36.5 Å². The summed E-state index contributed by atoms with van der Waals surface area (Å²) in [7, 11) is 0. The van der Waals surface area contributed by atoms with Gasteiger partial charge in [-0.1, -0.05) is 24.3 Å². The molecule has 12 heteroatoms. The van der Waals surface area contributed by atoms with E-state index in [0.717, 1.165) is 12.3 Å². The summed E-state index contributed by atoms with van der Waals surface area (Å²) >= 11 is 0. The number of rotatable bonds is 1. The molecule has 0 radical (unpaired) electrons. The van der Waals surface area contributed by atoms with E-state index in [0.29, 0.717) is 39.5 Å². The Hall–Kier alpha value is -3.44. The van der Waals surface area contributed by atoms with Crippen LogP contribution < -0.4 is 4.90 Å². The molecule has 0 aliphatic carbocycles. The molecular formula is C19H12F6N6. The molecule has 0 unspecified atom stereocenters. The zero-order valence-electron chi connectivity index (χ0n) is 15.5. The van der Waals surface area contributed by atoms with Gasteiger partial charge in [0.25, 0.3) is 5.82 Å². The monoisotopic (exact) mass is 438 g/mol. The fourth-order valence-corrected chi connectivity index (χ4v) is 3.74. The van der Waals surface area contributed by atoms with E-state index in [2.05, 4.69) is 20.3 Å². The number of nitrogens with zero attached hydrogens (tertiary/aromatic N) is 6. The SMILES string of the molecule is FC(F)(F)c1cnc2c(c1)CN(c1nn3c(C(F)(F)F)nnc3c3ccccc13)CC2. The minimum Gasteiger partial charge on any atom is -0.350 e. The van der Waals surface area contributed by atoms with Gasteiger partial charge in [-0.2, -0.15) is 30.9 Å². The van der Waals surface area contributed by atoms with Crippen molar-refractivity contribution in [3.8, 4) is 0 Å². The van der Waals surface area contributed by atoms with Crippen LogP contribution in [0.4, 0.5) is 32.2 Å². The van der Waals surface area contributed by atoms with Crippen molar-refractivity contribution in [1.29, 1.82) is 0 Å². The van der Waals surface area contributed by atoms with Gasteiger partial charge in [-0.05, 0) is 11.6 Å². The fraction of sp³-hybridized carbons (Fsp3) is 0.263. The number of anilines is 1. The third kappa shape index (κ3) is 3.22. The largest absolute Gasteiger partial charge is 0.453 e. The van der Waals surface area contributed by atoms with E-state index >= 15 is 0 Å². The summed E-state index contributed by atoms with van der Waals surface area (Å²) in [6.45, 7) is 0.357. The lowest BCUT2D eigenvalue weighted by Crippen LogP contribution is -2.32. The molecule has 1 aliphatic rings. The Morgan fingerprint density at radius 2 is 1.65 bits per heavy atom. The standard InChI is InChI=1S/C19H12F6N6/c20-18(21,22)11-7-10-9-30(6-5-14(10)26-8-11)16-13-4-2-1-3-12(13)15-27-28-17(19(23,24)25)31(15)29-16/h1-4,7-8H,5-6,9H2. The molecule has 160 valence electrons. The van der Waals surface area contributed by atoms with Crippen LogP contribution in [-0.4, -0.2) is 31.3 Å². The van der Waals surface area contributed by atoms with Gasteiger partial charge in [0.05, 0.1) is 5.56 Å². The molecule has 0 amide bonds. The van der Waals surface area contributed by atoms with Gasteiger partial charge in [0.15, 0.2) is 11.5 Å². The van der Waals surface area contributed by atoms with E-state index < -0.39 is 23.7 Å². The van der Waals surface area contributed by atoms with Crippen LogP contribution in [0, 0.1) is 0 Å². The van der Waals surface area contributed by atoms with Gasteiger partial charge >= 0.3 is 12.4 Å². The third-order valence-electron chi connectivity index (χ3n) is 5.16. The summed E-state index contributed by atoms with van der Waals surface area (Å²) in [6.07, 6.45) is -8.19. The maximum atomic E-state index is 13.4. The lowest BCUT2D eigenvalue weighted by molar-refractivity contribution is -0.146. The van der Waals surface area contributed by atoms with Crippen molar-refractivity contribution in [2.75, 3.05) is 11.4 Å². The topological polar surface area (TPSA) is 59.2 Å².